The summed E-state index contributed by atoms with van der Waals surface area (Å²) in [5.41, 5.74) is 2.70. The van der Waals surface area contributed by atoms with Crippen molar-refractivity contribution in [3.05, 3.63) is 145 Å². The van der Waals surface area contributed by atoms with Crippen molar-refractivity contribution in [2.45, 2.75) is 19.3 Å². The van der Waals surface area contributed by atoms with Crippen molar-refractivity contribution in [3.63, 3.8) is 0 Å². The van der Waals surface area contributed by atoms with Gasteiger partial charge in [-0.1, -0.05) is 97.1 Å². The summed E-state index contributed by atoms with van der Waals surface area (Å²) in [6.45, 7) is 0. The fourth-order valence-corrected chi connectivity index (χ4v) is 4.98. The second-order valence-corrected chi connectivity index (χ2v) is 9.22. The summed E-state index contributed by atoms with van der Waals surface area (Å²) in [5.74, 6) is 3.50. The average Bonchev–Trinajstić information content (AvgIpc) is 2.96. The molecule has 6 aromatic rings. The number of hydrogen-bond donors (Lipinski definition) is 0. The van der Waals surface area contributed by atoms with Crippen LogP contribution in [-0.4, -0.2) is 0 Å². The highest BCUT2D eigenvalue weighted by Crippen LogP contribution is 2.34. The van der Waals surface area contributed by atoms with Gasteiger partial charge >= 0.3 is 0 Å². The van der Waals surface area contributed by atoms with Gasteiger partial charge in [0.25, 0.3) is 0 Å². The van der Waals surface area contributed by atoms with Crippen LogP contribution in [0.1, 0.15) is 17.5 Å². The highest BCUT2D eigenvalue weighted by Gasteiger charge is 2.10. The minimum Gasteiger partial charge on any atom is -0.457 e. The number of hydrogen-bond acceptors (Lipinski definition) is 2. The average molecular weight is 481 g/mol. The molecular weight excluding hydrogens is 452 g/mol. The summed E-state index contributed by atoms with van der Waals surface area (Å²) in [4.78, 5) is 0. The van der Waals surface area contributed by atoms with E-state index in [2.05, 4.69) is 72.8 Å². The van der Waals surface area contributed by atoms with Crippen LogP contribution in [0.4, 0.5) is 0 Å². The Morgan fingerprint density at radius 3 is 1.16 bits per heavy atom. The highest BCUT2D eigenvalue weighted by atomic mass is 16.5. The third-order valence-electron chi connectivity index (χ3n) is 6.78. The molecule has 0 aromatic heterocycles. The Hall–Kier alpha value is -4.56. The lowest BCUT2D eigenvalue weighted by Gasteiger charge is -2.14. The molecule has 0 fully saturated rings. The standard InChI is InChI=1S/C35H28O2/c1-3-14-28(15-4-1)36-34-24-22-26(30-18-7-9-20-32(30)34)12-11-13-27-23-25-35(33-21-10-8-19-31(27)33)37-29-16-5-2-6-17-29/h1-10,14-25H,11-13H2. The minimum absolute atomic E-state index is 0.854. The third-order valence-corrected chi connectivity index (χ3v) is 6.78. The van der Waals surface area contributed by atoms with Gasteiger partial charge in [-0.2, -0.15) is 0 Å². The maximum Gasteiger partial charge on any atom is 0.135 e. The maximum absolute atomic E-state index is 6.21. The summed E-state index contributed by atoms with van der Waals surface area (Å²) < 4.78 is 12.4. The molecule has 0 radical (unpaired) electrons. The van der Waals surface area contributed by atoms with Gasteiger partial charge in [0.05, 0.1) is 0 Å². The molecule has 0 amide bonds. The minimum atomic E-state index is 0.854. The monoisotopic (exact) mass is 480 g/mol. The molecule has 0 aliphatic heterocycles. The van der Waals surface area contributed by atoms with Crippen molar-refractivity contribution in [1.82, 2.24) is 0 Å². The lowest BCUT2D eigenvalue weighted by atomic mass is 9.95. The normalized spacial score (nSPS) is 11.0. The topological polar surface area (TPSA) is 18.5 Å². The van der Waals surface area contributed by atoms with Gasteiger partial charge in [0, 0.05) is 10.8 Å². The van der Waals surface area contributed by atoms with E-state index in [4.69, 9.17) is 9.47 Å². The second-order valence-electron chi connectivity index (χ2n) is 9.22. The van der Waals surface area contributed by atoms with E-state index in [1.54, 1.807) is 0 Å². The molecule has 0 bridgehead atoms. The van der Waals surface area contributed by atoms with Crippen molar-refractivity contribution >= 4 is 21.5 Å². The maximum atomic E-state index is 6.21. The van der Waals surface area contributed by atoms with Crippen LogP contribution in [0.15, 0.2) is 133 Å². The van der Waals surface area contributed by atoms with Gasteiger partial charge in [-0.25, -0.2) is 0 Å². The first-order chi connectivity index (χ1) is 18.3. The van der Waals surface area contributed by atoms with Gasteiger partial charge in [-0.05, 0) is 77.6 Å². The van der Waals surface area contributed by atoms with Crippen LogP contribution in [-0.2, 0) is 12.8 Å². The zero-order valence-electron chi connectivity index (χ0n) is 20.6. The summed E-state index contributed by atoms with van der Waals surface area (Å²) in [6, 6.07) is 45.7. The Bertz CT molecular complexity index is 1510. The van der Waals surface area contributed by atoms with Crippen LogP contribution < -0.4 is 9.47 Å². The fraction of sp³-hybridized carbons (Fsp3) is 0.0857. The largest absolute Gasteiger partial charge is 0.457 e. The van der Waals surface area contributed by atoms with E-state index in [9.17, 15) is 0 Å². The molecule has 6 rings (SSSR count). The molecule has 37 heavy (non-hydrogen) atoms. The van der Waals surface area contributed by atoms with Gasteiger partial charge in [0.2, 0.25) is 0 Å². The Kier molecular flexibility index (Phi) is 6.55. The number of para-hydroxylation sites is 2. The van der Waals surface area contributed by atoms with E-state index >= 15 is 0 Å². The molecule has 0 saturated carbocycles. The van der Waals surface area contributed by atoms with E-state index in [0.29, 0.717) is 0 Å². The van der Waals surface area contributed by atoms with Gasteiger partial charge < -0.3 is 9.47 Å². The molecule has 2 nitrogen and oxygen atoms in total. The van der Waals surface area contributed by atoms with Crippen LogP contribution in [0, 0.1) is 0 Å². The number of aryl methyl sites for hydroxylation is 2. The van der Waals surface area contributed by atoms with Crippen molar-refractivity contribution in [2.24, 2.45) is 0 Å². The molecule has 0 spiro atoms. The zero-order chi connectivity index (χ0) is 24.9. The van der Waals surface area contributed by atoms with Gasteiger partial charge in [0.15, 0.2) is 0 Å². The van der Waals surface area contributed by atoms with Gasteiger partial charge in [0.1, 0.15) is 23.0 Å². The third kappa shape index (κ3) is 5.05. The molecule has 0 unspecified atom stereocenters. The van der Waals surface area contributed by atoms with E-state index in [0.717, 1.165) is 53.0 Å². The van der Waals surface area contributed by atoms with Crippen LogP contribution in [0.2, 0.25) is 0 Å². The first-order valence-electron chi connectivity index (χ1n) is 12.8. The summed E-state index contributed by atoms with van der Waals surface area (Å²) >= 11 is 0. The molecule has 0 N–H and O–H groups in total. The van der Waals surface area contributed by atoms with Crippen LogP contribution in [0.3, 0.4) is 0 Å². The smallest absolute Gasteiger partial charge is 0.135 e. The van der Waals surface area contributed by atoms with Gasteiger partial charge in [-0.15, -0.1) is 0 Å². The summed E-state index contributed by atoms with van der Waals surface area (Å²) in [7, 11) is 0. The second kappa shape index (κ2) is 10.6. The Morgan fingerprint density at radius 1 is 0.351 bits per heavy atom. The quantitative estimate of drug-likeness (QED) is 0.216. The first-order valence-corrected chi connectivity index (χ1v) is 12.8. The SMILES string of the molecule is c1ccc(Oc2ccc(CCCc3ccc(Oc4ccccc4)c4ccccc34)c3ccccc23)cc1. The molecule has 180 valence electrons. The first kappa shape index (κ1) is 22.9. The van der Waals surface area contributed by atoms with Crippen molar-refractivity contribution < 1.29 is 9.47 Å². The van der Waals surface area contributed by atoms with E-state index in [1.807, 2.05) is 60.7 Å². The van der Waals surface area contributed by atoms with Crippen LogP contribution in [0.25, 0.3) is 21.5 Å². The molecule has 0 aliphatic rings. The molecule has 0 saturated heterocycles. The van der Waals surface area contributed by atoms with E-state index in [-0.39, 0.29) is 0 Å². The molecule has 6 aromatic carbocycles. The Morgan fingerprint density at radius 2 is 0.730 bits per heavy atom. The van der Waals surface area contributed by atoms with E-state index < -0.39 is 0 Å². The number of benzene rings is 6. The van der Waals surface area contributed by atoms with Crippen molar-refractivity contribution in [2.75, 3.05) is 0 Å². The molecule has 0 heterocycles. The lowest BCUT2D eigenvalue weighted by Crippen LogP contribution is -1.95. The Balaban J connectivity index is 1.22. The number of ether oxygens (including phenoxy) is 2. The predicted molar refractivity (Wildman–Crippen MR) is 153 cm³/mol. The molecule has 2 heteroatoms. The lowest BCUT2D eigenvalue weighted by molar-refractivity contribution is 0.488. The molecular formula is C35H28O2. The van der Waals surface area contributed by atoms with Crippen LogP contribution in [0.5, 0.6) is 23.0 Å². The number of fused-ring (bicyclic) bond motifs is 2. The molecule has 0 aliphatic carbocycles. The number of rotatable bonds is 8. The highest BCUT2D eigenvalue weighted by molar-refractivity contribution is 5.92. The molecule has 0 atom stereocenters. The Labute approximate surface area is 217 Å². The predicted octanol–water partition coefficient (Wildman–Crippen LogP) is 9.75. The zero-order valence-corrected chi connectivity index (χ0v) is 20.6. The van der Waals surface area contributed by atoms with Gasteiger partial charge in [-0.3, -0.25) is 0 Å². The van der Waals surface area contributed by atoms with Crippen molar-refractivity contribution in [1.29, 1.82) is 0 Å². The van der Waals surface area contributed by atoms with Crippen LogP contribution >= 0.6 is 0 Å². The van der Waals surface area contributed by atoms with E-state index in [1.165, 1.54) is 21.9 Å². The fourth-order valence-electron chi connectivity index (χ4n) is 4.98. The summed E-state index contributed by atoms with van der Waals surface area (Å²) in [5, 5.41) is 4.81. The summed E-state index contributed by atoms with van der Waals surface area (Å²) in [6.07, 6.45) is 3.07. The van der Waals surface area contributed by atoms with Crippen molar-refractivity contribution in [3.8, 4) is 23.0 Å².